The summed E-state index contributed by atoms with van der Waals surface area (Å²) in [6, 6.07) is 9.95. The number of hydrogen-bond donors (Lipinski definition) is 1. The van der Waals surface area contributed by atoms with Crippen molar-refractivity contribution in [2.24, 2.45) is 0 Å². The third kappa shape index (κ3) is 8.09. The predicted molar refractivity (Wildman–Crippen MR) is 186 cm³/mol. The van der Waals surface area contributed by atoms with Gasteiger partial charge in [0.2, 0.25) is 0 Å². The van der Waals surface area contributed by atoms with Crippen molar-refractivity contribution in [3.8, 4) is 16.5 Å². The van der Waals surface area contributed by atoms with Gasteiger partial charge < -0.3 is 24.2 Å². The van der Waals surface area contributed by atoms with Crippen LogP contribution in [0.4, 0.5) is 5.82 Å². The second-order valence-corrected chi connectivity index (χ2v) is 14.2. The van der Waals surface area contributed by atoms with Crippen LogP contribution in [0, 0.1) is 6.92 Å². The van der Waals surface area contributed by atoms with E-state index in [0.717, 1.165) is 40.5 Å². The molecule has 250 valence electrons. The lowest BCUT2D eigenvalue weighted by Gasteiger charge is -2.41. The number of benzene rings is 1. The summed E-state index contributed by atoms with van der Waals surface area (Å²) < 4.78 is 20.0. The molecule has 4 heterocycles. The number of aliphatic carboxylic acids is 1. The molecule has 0 amide bonds. The minimum absolute atomic E-state index is 0.304. The fourth-order valence-corrected chi connectivity index (χ4v) is 6.64. The molecule has 1 saturated heterocycles. The van der Waals surface area contributed by atoms with E-state index in [1.165, 1.54) is 0 Å². The summed E-state index contributed by atoms with van der Waals surface area (Å²) in [6.45, 7) is 19.4. The summed E-state index contributed by atoms with van der Waals surface area (Å²) in [7, 11) is 0. The van der Waals surface area contributed by atoms with E-state index in [4.69, 9.17) is 29.3 Å². The summed E-state index contributed by atoms with van der Waals surface area (Å²) in [6.07, 6.45) is 7.21. The van der Waals surface area contributed by atoms with Crippen molar-refractivity contribution in [2.75, 3.05) is 31.2 Å². The van der Waals surface area contributed by atoms with E-state index in [1.54, 1.807) is 21.9 Å². The Balaban J connectivity index is 1.53. The maximum absolute atomic E-state index is 12.7. The predicted octanol–water partition coefficient (Wildman–Crippen LogP) is 7.21. The SMILES string of the molecule is C=CCCOc1ccccc1Cc1cnc(-c2cc3nc(C)c(C(OC(C)(C)C)C(=O)O)c(N4CCC(C)(OCC=C)CC4)n3n2)s1. The van der Waals surface area contributed by atoms with Crippen molar-refractivity contribution in [1.29, 1.82) is 0 Å². The van der Waals surface area contributed by atoms with E-state index < -0.39 is 17.7 Å². The minimum atomic E-state index is -1.24. The zero-order chi connectivity index (χ0) is 33.8. The molecule has 4 aromatic rings. The van der Waals surface area contributed by atoms with Gasteiger partial charge in [-0.2, -0.15) is 9.61 Å². The Labute approximate surface area is 280 Å². The first-order valence-corrected chi connectivity index (χ1v) is 16.8. The molecular formula is C36H45N5O5S. The molecular weight excluding hydrogens is 614 g/mol. The molecule has 0 aliphatic carbocycles. The summed E-state index contributed by atoms with van der Waals surface area (Å²) in [4.78, 5) is 25.6. The smallest absolute Gasteiger partial charge is 0.337 e. The summed E-state index contributed by atoms with van der Waals surface area (Å²) >= 11 is 1.57. The monoisotopic (exact) mass is 659 g/mol. The Hall–Kier alpha value is -4.06. The summed E-state index contributed by atoms with van der Waals surface area (Å²) in [5.74, 6) is 0.447. The van der Waals surface area contributed by atoms with Gasteiger partial charge in [-0.25, -0.2) is 14.8 Å². The first kappa shape index (κ1) is 34.3. The Bertz CT molecular complexity index is 1730. The van der Waals surface area contributed by atoms with E-state index in [2.05, 4.69) is 31.0 Å². The molecule has 3 aromatic heterocycles. The summed E-state index contributed by atoms with van der Waals surface area (Å²) in [5.41, 5.74) is 2.44. The number of piperidine rings is 1. The highest BCUT2D eigenvalue weighted by Crippen LogP contribution is 2.39. The van der Waals surface area contributed by atoms with Crippen LogP contribution in [0.25, 0.3) is 16.3 Å². The van der Waals surface area contributed by atoms with Crippen molar-refractivity contribution in [3.05, 3.63) is 83.5 Å². The molecule has 11 heteroatoms. The molecule has 1 unspecified atom stereocenters. The molecule has 1 atom stereocenters. The first-order chi connectivity index (χ1) is 22.4. The van der Waals surface area contributed by atoms with Gasteiger partial charge in [-0.05, 0) is 65.5 Å². The molecule has 10 nitrogen and oxygen atoms in total. The number of carboxylic acids is 1. The van der Waals surface area contributed by atoms with Gasteiger partial charge in [-0.15, -0.1) is 24.5 Å². The third-order valence-corrected chi connectivity index (χ3v) is 9.14. The number of hydrogen-bond acceptors (Lipinski definition) is 9. The number of ether oxygens (including phenoxy) is 3. The van der Waals surface area contributed by atoms with Crippen molar-refractivity contribution in [2.45, 2.75) is 77.6 Å². The molecule has 5 rings (SSSR count). The second-order valence-electron chi connectivity index (χ2n) is 13.1. The summed E-state index contributed by atoms with van der Waals surface area (Å²) in [5, 5.41) is 16.2. The number of fused-ring (bicyclic) bond motifs is 1. The van der Waals surface area contributed by atoms with E-state index >= 15 is 0 Å². The van der Waals surface area contributed by atoms with E-state index in [0.29, 0.717) is 61.1 Å². The normalized spacial score (nSPS) is 15.5. The molecule has 0 radical (unpaired) electrons. The fourth-order valence-electron chi connectivity index (χ4n) is 5.75. The van der Waals surface area contributed by atoms with Crippen molar-refractivity contribution in [3.63, 3.8) is 0 Å². The quantitative estimate of drug-likeness (QED) is 0.111. The number of rotatable bonds is 14. The van der Waals surface area contributed by atoms with Crippen LogP contribution in [0.1, 0.15) is 74.8 Å². The Morgan fingerprint density at radius 3 is 2.62 bits per heavy atom. The standard InChI is InChI=1S/C36H45N5O5S/c1-8-10-20-44-28-14-12-11-13-25(28)21-26-23-37-32(47-26)27-22-29-38-24(3)30(31(34(42)43)46-35(4,5)6)33(41(29)39-27)40-17-15-36(7,16-18-40)45-19-9-2/h8-9,11-14,22-23,31H,1-2,10,15-21H2,3-7H3,(H,42,43). The number of nitrogens with zero attached hydrogens (tertiary/aromatic N) is 5. The van der Waals surface area contributed by atoms with Gasteiger partial charge in [0, 0.05) is 42.3 Å². The lowest BCUT2D eigenvalue weighted by molar-refractivity contribution is -0.160. The topological polar surface area (TPSA) is 111 Å². The average Bonchev–Trinajstić information content (AvgIpc) is 3.66. The third-order valence-electron chi connectivity index (χ3n) is 8.12. The lowest BCUT2D eigenvalue weighted by Crippen LogP contribution is -2.45. The van der Waals surface area contributed by atoms with Gasteiger partial charge in [-0.1, -0.05) is 30.4 Å². The molecule has 1 fully saturated rings. The number of aryl methyl sites for hydroxylation is 1. The number of para-hydroxylation sites is 1. The van der Waals surface area contributed by atoms with E-state index in [1.807, 2.05) is 64.2 Å². The van der Waals surface area contributed by atoms with Crippen LogP contribution in [0.3, 0.4) is 0 Å². The maximum atomic E-state index is 12.7. The maximum Gasteiger partial charge on any atom is 0.337 e. The van der Waals surface area contributed by atoms with E-state index in [9.17, 15) is 9.90 Å². The van der Waals surface area contributed by atoms with Crippen molar-refractivity contribution < 1.29 is 24.1 Å². The van der Waals surface area contributed by atoms with Gasteiger partial charge in [0.1, 0.15) is 22.3 Å². The van der Waals surface area contributed by atoms with Gasteiger partial charge in [0.05, 0.1) is 30.0 Å². The Kier molecular flexibility index (Phi) is 10.5. The second kappa shape index (κ2) is 14.4. The van der Waals surface area contributed by atoms with Crippen LogP contribution in [-0.2, 0) is 20.7 Å². The highest BCUT2D eigenvalue weighted by atomic mass is 32.1. The van der Waals surface area contributed by atoms with Gasteiger partial charge in [0.25, 0.3) is 0 Å². The highest BCUT2D eigenvalue weighted by Gasteiger charge is 2.37. The zero-order valence-electron chi connectivity index (χ0n) is 28.0. The van der Waals surface area contributed by atoms with Crippen LogP contribution in [0.2, 0.25) is 0 Å². The largest absolute Gasteiger partial charge is 0.493 e. The van der Waals surface area contributed by atoms with Crippen LogP contribution in [0.15, 0.2) is 61.8 Å². The van der Waals surface area contributed by atoms with E-state index in [-0.39, 0.29) is 5.60 Å². The molecule has 1 aromatic carbocycles. The molecule has 1 aliphatic rings. The molecule has 0 spiro atoms. The molecule has 0 saturated carbocycles. The Morgan fingerprint density at radius 1 is 1.19 bits per heavy atom. The zero-order valence-corrected chi connectivity index (χ0v) is 28.8. The van der Waals surface area contributed by atoms with Crippen molar-refractivity contribution >= 4 is 28.8 Å². The van der Waals surface area contributed by atoms with Crippen LogP contribution in [0.5, 0.6) is 5.75 Å². The van der Waals surface area contributed by atoms with Crippen molar-refractivity contribution in [1.82, 2.24) is 19.6 Å². The lowest BCUT2D eigenvalue weighted by atomic mass is 9.92. The number of aromatic nitrogens is 4. The number of thiazole rings is 1. The van der Waals surface area contributed by atoms with Gasteiger partial charge in [-0.3, -0.25) is 0 Å². The van der Waals surface area contributed by atoms with Crippen LogP contribution < -0.4 is 9.64 Å². The molecule has 0 bridgehead atoms. The van der Waals surface area contributed by atoms with Crippen LogP contribution >= 0.6 is 11.3 Å². The van der Waals surface area contributed by atoms with Crippen LogP contribution in [-0.4, -0.2) is 68.2 Å². The number of anilines is 1. The molecule has 1 N–H and O–H groups in total. The molecule has 1 aliphatic heterocycles. The van der Waals surface area contributed by atoms with Gasteiger partial charge in [0.15, 0.2) is 11.8 Å². The Morgan fingerprint density at radius 2 is 1.94 bits per heavy atom. The highest BCUT2D eigenvalue weighted by molar-refractivity contribution is 7.15. The van der Waals surface area contributed by atoms with Gasteiger partial charge >= 0.3 is 5.97 Å². The first-order valence-electron chi connectivity index (χ1n) is 16.0. The average molecular weight is 660 g/mol. The minimum Gasteiger partial charge on any atom is -0.493 e. The number of carbonyl (C=O) groups is 1. The molecule has 47 heavy (non-hydrogen) atoms. The fraction of sp³-hybridized carbons (Fsp3) is 0.444. The number of carboxylic acid groups (broad SMARTS) is 1.